The molecule has 0 spiro atoms. The molecule has 1 saturated carbocycles. The van der Waals surface area contributed by atoms with Gasteiger partial charge in [0.25, 0.3) is 0 Å². The summed E-state index contributed by atoms with van der Waals surface area (Å²) in [6.45, 7) is 6.42. The predicted octanol–water partition coefficient (Wildman–Crippen LogP) is 2.90. The maximum Gasteiger partial charge on any atom is 0.221 e. The number of nitrogens with zero attached hydrogens (tertiary/aromatic N) is 2. The first-order chi connectivity index (χ1) is 9.76. The summed E-state index contributed by atoms with van der Waals surface area (Å²) >= 11 is 0. The van der Waals surface area contributed by atoms with Crippen LogP contribution in [0.4, 0.5) is 5.82 Å². The van der Waals surface area contributed by atoms with Crippen molar-refractivity contribution in [3.05, 3.63) is 11.4 Å². The predicted molar refractivity (Wildman–Crippen MR) is 79.5 cm³/mol. The molecule has 1 aromatic heterocycles. The number of hydrogen-bond donors (Lipinski definition) is 1. The lowest BCUT2D eigenvalue weighted by Crippen LogP contribution is -2.11. The fourth-order valence-electron chi connectivity index (χ4n) is 1.96. The van der Waals surface area contributed by atoms with Gasteiger partial charge in [-0.25, -0.2) is 4.98 Å². The molecule has 0 saturated heterocycles. The number of methoxy groups -OCH3 is 1. The van der Waals surface area contributed by atoms with Crippen molar-refractivity contribution >= 4 is 5.82 Å². The molecule has 5 heteroatoms. The van der Waals surface area contributed by atoms with Crippen LogP contribution in [0.3, 0.4) is 0 Å². The Morgan fingerprint density at radius 2 is 2.05 bits per heavy atom. The molecule has 0 atom stereocenters. The van der Waals surface area contributed by atoms with Crippen LogP contribution in [0.25, 0.3) is 0 Å². The van der Waals surface area contributed by atoms with Crippen LogP contribution in [0.15, 0.2) is 0 Å². The van der Waals surface area contributed by atoms with Crippen molar-refractivity contribution in [3.63, 3.8) is 0 Å². The SMILES string of the molecule is CCCNc1nc(C2CC2)nc(OCCCOC)c1C. The molecule has 1 aliphatic carbocycles. The Hall–Kier alpha value is -1.36. The van der Waals surface area contributed by atoms with Gasteiger partial charge in [0.15, 0.2) is 0 Å². The molecule has 0 amide bonds. The topological polar surface area (TPSA) is 56.3 Å². The minimum Gasteiger partial charge on any atom is -0.477 e. The van der Waals surface area contributed by atoms with E-state index in [4.69, 9.17) is 9.47 Å². The summed E-state index contributed by atoms with van der Waals surface area (Å²) in [6, 6.07) is 0. The highest BCUT2D eigenvalue weighted by Crippen LogP contribution is 2.39. The van der Waals surface area contributed by atoms with E-state index in [-0.39, 0.29) is 0 Å². The van der Waals surface area contributed by atoms with Crippen LogP contribution in [-0.4, -0.2) is 36.8 Å². The largest absolute Gasteiger partial charge is 0.477 e. The van der Waals surface area contributed by atoms with E-state index < -0.39 is 0 Å². The quantitative estimate of drug-likeness (QED) is 0.704. The van der Waals surface area contributed by atoms with Gasteiger partial charge in [0.1, 0.15) is 11.6 Å². The Kier molecular flexibility index (Phi) is 5.59. The van der Waals surface area contributed by atoms with Crippen LogP contribution in [0.5, 0.6) is 5.88 Å². The van der Waals surface area contributed by atoms with Crippen LogP contribution in [0, 0.1) is 6.92 Å². The smallest absolute Gasteiger partial charge is 0.221 e. The molecule has 112 valence electrons. The lowest BCUT2D eigenvalue weighted by atomic mass is 10.3. The van der Waals surface area contributed by atoms with Crippen LogP contribution in [0.2, 0.25) is 0 Å². The van der Waals surface area contributed by atoms with Crippen molar-refractivity contribution in [1.29, 1.82) is 0 Å². The molecule has 0 aromatic carbocycles. The highest BCUT2D eigenvalue weighted by atomic mass is 16.5. The number of anilines is 1. The zero-order chi connectivity index (χ0) is 14.4. The van der Waals surface area contributed by atoms with Gasteiger partial charge in [-0.15, -0.1) is 0 Å². The number of aromatic nitrogens is 2. The highest BCUT2D eigenvalue weighted by Gasteiger charge is 2.28. The van der Waals surface area contributed by atoms with E-state index in [1.54, 1.807) is 7.11 Å². The van der Waals surface area contributed by atoms with Gasteiger partial charge in [-0.1, -0.05) is 6.92 Å². The summed E-state index contributed by atoms with van der Waals surface area (Å²) in [5, 5.41) is 3.37. The minimum absolute atomic E-state index is 0.527. The molecule has 0 unspecified atom stereocenters. The Balaban J connectivity index is 2.08. The van der Waals surface area contributed by atoms with Crippen LogP contribution in [0.1, 0.15) is 49.9 Å². The molecule has 2 rings (SSSR count). The van der Waals surface area contributed by atoms with Crippen LogP contribution in [-0.2, 0) is 4.74 Å². The molecule has 1 aromatic rings. The molecule has 0 aliphatic heterocycles. The molecular weight excluding hydrogens is 254 g/mol. The summed E-state index contributed by atoms with van der Waals surface area (Å²) in [5.74, 6) is 3.09. The van der Waals surface area contributed by atoms with Gasteiger partial charge in [-0.3, -0.25) is 0 Å². The molecule has 1 aliphatic rings. The molecular formula is C15H25N3O2. The second kappa shape index (κ2) is 7.43. The number of hydrogen-bond acceptors (Lipinski definition) is 5. The second-order valence-corrected chi connectivity index (χ2v) is 5.26. The van der Waals surface area contributed by atoms with E-state index in [0.29, 0.717) is 19.1 Å². The fourth-order valence-corrected chi connectivity index (χ4v) is 1.96. The van der Waals surface area contributed by atoms with Crippen LogP contribution < -0.4 is 10.1 Å². The second-order valence-electron chi connectivity index (χ2n) is 5.26. The third kappa shape index (κ3) is 4.07. The summed E-state index contributed by atoms with van der Waals surface area (Å²) in [6.07, 6.45) is 4.33. The van der Waals surface area contributed by atoms with E-state index in [2.05, 4.69) is 22.2 Å². The van der Waals surface area contributed by atoms with Gasteiger partial charge in [-0.2, -0.15) is 4.98 Å². The van der Waals surface area contributed by atoms with Gasteiger partial charge in [-0.05, 0) is 26.2 Å². The molecule has 1 N–H and O–H groups in total. The Bertz CT molecular complexity index is 433. The lowest BCUT2D eigenvalue weighted by molar-refractivity contribution is 0.170. The summed E-state index contributed by atoms with van der Waals surface area (Å²) < 4.78 is 10.8. The van der Waals surface area contributed by atoms with Crippen molar-refractivity contribution in [2.75, 3.05) is 32.2 Å². The van der Waals surface area contributed by atoms with E-state index in [1.165, 1.54) is 12.8 Å². The van der Waals surface area contributed by atoms with Crippen molar-refractivity contribution in [2.24, 2.45) is 0 Å². The van der Waals surface area contributed by atoms with Gasteiger partial charge < -0.3 is 14.8 Å². The molecule has 1 heterocycles. The van der Waals surface area contributed by atoms with Crippen LogP contribution >= 0.6 is 0 Å². The number of nitrogens with one attached hydrogen (secondary N) is 1. The summed E-state index contributed by atoms with van der Waals surface area (Å²) in [5.41, 5.74) is 1.00. The summed E-state index contributed by atoms with van der Waals surface area (Å²) in [7, 11) is 1.70. The number of rotatable bonds is 9. The van der Waals surface area contributed by atoms with Gasteiger partial charge in [0.2, 0.25) is 5.88 Å². The standard InChI is InChI=1S/C15H25N3O2/c1-4-8-16-13-11(2)15(20-10-5-9-19-3)18-14(17-13)12-6-7-12/h12H,4-10H2,1-3H3,(H,16,17,18). The maximum atomic E-state index is 5.81. The average molecular weight is 279 g/mol. The van der Waals surface area contributed by atoms with Gasteiger partial charge >= 0.3 is 0 Å². The molecule has 0 radical (unpaired) electrons. The molecule has 5 nitrogen and oxygen atoms in total. The Labute approximate surface area is 121 Å². The van der Waals surface area contributed by atoms with Crippen molar-refractivity contribution < 1.29 is 9.47 Å². The molecule has 20 heavy (non-hydrogen) atoms. The maximum absolute atomic E-state index is 5.81. The Morgan fingerprint density at radius 3 is 2.70 bits per heavy atom. The zero-order valence-electron chi connectivity index (χ0n) is 12.7. The average Bonchev–Trinajstić information content (AvgIpc) is 3.28. The molecule has 1 fully saturated rings. The first-order valence-electron chi connectivity index (χ1n) is 7.50. The van der Waals surface area contributed by atoms with E-state index in [1.807, 2.05) is 6.92 Å². The normalized spacial score (nSPS) is 14.3. The first kappa shape index (κ1) is 15.0. The van der Waals surface area contributed by atoms with Gasteiger partial charge in [0.05, 0.1) is 12.2 Å². The first-order valence-corrected chi connectivity index (χ1v) is 7.50. The minimum atomic E-state index is 0.527. The monoisotopic (exact) mass is 279 g/mol. The third-order valence-corrected chi connectivity index (χ3v) is 3.33. The van der Waals surface area contributed by atoms with E-state index >= 15 is 0 Å². The van der Waals surface area contributed by atoms with E-state index in [0.717, 1.165) is 42.5 Å². The van der Waals surface area contributed by atoms with Crippen molar-refractivity contribution in [1.82, 2.24) is 9.97 Å². The van der Waals surface area contributed by atoms with Crippen molar-refractivity contribution in [3.8, 4) is 5.88 Å². The zero-order valence-corrected chi connectivity index (χ0v) is 12.7. The molecule has 0 bridgehead atoms. The van der Waals surface area contributed by atoms with Crippen molar-refractivity contribution in [2.45, 2.75) is 45.4 Å². The fraction of sp³-hybridized carbons (Fsp3) is 0.733. The third-order valence-electron chi connectivity index (χ3n) is 3.33. The Morgan fingerprint density at radius 1 is 1.25 bits per heavy atom. The van der Waals surface area contributed by atoms with E-state index in [9.17, 15) is 0 Å². The highest BCUT2D eigenvalue weighted by molar-refractivity contribution is 5.49. The van der Waals surface area contributed by atoms with Gasteiger partial charge in [0, 0.05) is 32.6 Å². The lowest BCUT2D eigenvalue weighted by Gasteiger charge is -2.14. The number of ether oxygens (including phenoxy) is 2. The summed E-state index contributed by atoms with van der Waals surface area (Å²) in [4.78, 5) is 9.24.